The minimum atomic E-state index is 0.738. The van der Waals surface area contributed by atoms with Crippen LogP contribution in [0, 0.1) is 6.92 Å². The van der Waals surface area contributed by atoms with Gasteiger partial charge in [-0.2, -0.15) is 0 Å². The van der Waals surface area contributed by atoms with Crippen LogP contribution in [0.3, 0.4) is 0 Å². The number of likely N-dealkylation sites (N-methyl/N-ethyl adjacent to an activating group) is 1. The molecule has 13 heavy (non-hydrogen) atoms. The van der Waals surface area contributed by atoms with Gasteiger partial charge in [-0.05, 0) is 0 Å². The molecule has 0 saturated heterocycles. The fourth-order valence-corrected chi connectivity index (χ4v) is 1.95. The van der Waals surface area contributed by atoms with E-state index in [0.717, 1.165) is 12.4 Å². The molecule has 1 heterocycles. The zero-order valence-electron chi connectivity index (χ0n) is 7.70. The van der Waals surface area contributed by atoms with Gasteiger partial charge in [0.25, 0.3) is 0 Å². The van der Waals surface area contributed by atoms with E-state index in [2.05, 4.69) is 37.1 Å². The van der Waals surface area contributed by atoms with Gasteiger partial charge in [0.15, 0.2) is 0 Å². The number of benzene rings is 1. The predicted octanol–water partition coefficient (Wildman–Crippen LogP) is 1.50. The number of fused-ring (bicyclic) bond motifs is 1. The first-order chi connectivity index (χ1) is 6.18. The Labute approximate surface area is 88.9 Å². The summed E-state index contributed by atoms with van der Waals surface area (Å²) in [5.41, 5.74) is 2.43. The number of aryl methyl sites for hydroxylation is 1. The van der Waals surface area contributed by atoms with Crippen LogP contribution in [0.15, 0.2) is 18.2 Å². The van der Waals surface area contributed by atoms with Crippen molar-refractivity contribution in [1.29, 1.82) is 0 Å². The molecule has 1 aromatic carbocycles. The van der Waals surface area contributed by atoms with E-state index in [1.54, 1.807) is 0 Å². The second-order valence-corrected chi connectivity index (χ2v) is 4.91. The first kappa shape index (κ1) is 8.95. The third kappa shape index (κ3) is 1.55. The molecule has 0 spiro atoms. The Morgan fingerprint density at radius 2 is 2.23 bits per heavy atom. The summed E-state index contributed by atoms with van der Waals surface area (Å²) in [6, 6.07) is 6.33. The van der Waals surface area contributed by atoms with Crippen molar-refractivity contribution >= 4 is 9.71 Å². The third-order valence-electron chi connectivity index (χ3n) is 2.20. The fraction of sp³-hybridized carbons (Fsp3) is 0.300. The Kier molecular flexibility index (Phi) is 2.25. The van der Waals surface area contributed by atoms with Gasteiger partial charge in [0.2, 0.25) is 0 Å². The second-order valence-electron chi connectivity index (χ2n) is 3.21. The number of hydrogen-bond donors (Lipinski definition) is 0. The summed E-state index contributed by atoms with van der Waals surface area (Å²) in [4.78, 5) is 2.22. The first-order valence-corrected chi connectivity index (χ1v) is 5.65. The predicted molar refractivity (Wildman–Crippen MR) is 50.1 cm³/mol. The second kappa shape index (κ2) is 3.26. The van der Waals surface area contributed by atoms with Gasteiger partial charge in [-0.25, -0.2) is 0 Å². The average molecular weight is 345 g/mol. The topological polar surface area (TPSA) is 12.5 Å². The van der Waals surface area contributed by atoms with Crippen molar-refractivity contribution in [2.45, 2.75) is 6.92 Å². The summed E-state index contributed by atoms with van der Waals surface area (Å²) in [5.74, 6) is 1.01. The molecule has 2 nitrogen and oxygen atoms in total. The van der Waals surface area contributed by atoms with Crippen LogP contribution in [0.25, 0.3) is 0 Å². The number of anilines is 1. The number of rotatable bonds is 0. The van der Waals surface area contributed by atoms with E-state index in [-0.39, 0.29) is 0 Å². The SMILES string of the molecule is Cc1ccc2c(c1)OC[C](=[W])N2C. The van der Waals surface area contributed by atoms with Gasteiger partial charge in [-0.15, -0.1) is 0 Å². The molecule has 0 bridgehead atoms. The van der Waals surface area contributed by atoms with Gasteiger partial charge >= 0.3 is 88.8 Å². The summed E-state index contributed by atoms with van der Waals surface area (Å²) < 4.78 is 6.96. The first-order valence-electron chi connectivity index (χ1n) is 4.18. The minimum absolute atomic E-state index is 0.738. The maximum atomic E-state index is 5.63. The molecule has 0 radical (unpaired) electrons. The van der Waals surface area contributed by atoms with Crippen molar-refractivity contribution in [3.63, 3.8) is 0 Å². The Balaban J connectivity index is 2.49. The van der Waals surface area contributed by atoms with Gasteiger partial charge < -0.3 is 0 Å². The average Bonchev–Trinajstić information content (AvgIpc) is 2.12. The molecule has 0 amide bonds. The zero-order valence-corrected chi connectivity index (χ0v) is 10.6. The van der Waals surface area contributed by atoms with Crippen molar-refractivity contribution in [3.8, 4) is 5.75 Å². The molecule has 0 saturated carbocycles. The van der Waals surface area contributed by atoms with Gasteiger partial charge in [-0.3, -0.25) is 0 Å². The van der Waals surface area contributed by atoms with Gasteiger partial charge in [0, 0.05) is 0 Å². The molecule has 1 aliphatic rings. The van der Waals surface area contributed by atoms with Gasteiger partial charge in [0.1, 0.15) is 0 Å². The van der Waals surface area contributed by atoms with E-state index in [1.807, 2.05) is 0 Å². The number of hydrogen-bond acceptors (Lipinski definition) is 2. The van der Waals surface area contributed by atoms with Gasteiger partial charge in [-0.1, -0.05) is 0 Å². The van der Waals surface area contributed by atoms with Gasteiger partial charge in [0.05, 0.1) is 0 Å². The molecule has 0 unspecified atom stereocenters. The molecule has 0 aliphatic carbocycles. The van der Waals surface area contributed by atoms with Crippen LogP contribution in [-0.2, 0) is 19.4 Å². The van der Waals surface area contributed by atoms with Crippen LogP contribution in [-0.4, -0.2) is 17.7 Å². The van der Waals surface area contributed by atoms with Crippen molar-refractivity contribution in [1.82, 2.24) is 0 Å². The van der Waals surface area contributed by atoms with Crippen LogP contribution in [0.1, 0.15) is 5.56 Å². The Morgan fingerprint density at radius 3 is 3.00 bits per heavy atom. The van der Waals surface area contributed by atoms with E-state index >= 15 is 0 Å². The van der Waals surface area contributed by atoms with Crippen LogP contribution in [0.4, 0.5) is 5.69 Å². The molecular formula is C10H11NOW. The molecular weight excluding hydrogens is 334 g/mol. The third-order valence-corrected chi connectivity index (χ3v) is 3.61. The molecule has 1 aromatic rings. The number of ether oxygens (including phenoxy) is 1. The molecule has 0 atom stereocenters. The summed E-state index contributed by atoms with van der Waals surface area (Å²) in [6.07, 6.45) is 0. The van der Waals surface area contributed by atoms with Crippen molar-refractivity contribution in [2.75, 3.05) is 18.6 Å². The zero-order chi connectivity index (χ0) is 9.42. The van der Waals surface area contributed by atoms with Crippen LogP contribution in [0.5, 0.6) is 5.75 Å². The van der Waals surface area contributed by atoms with Crippen LogP contribution < -0.4 is 9.64 Å². The van der Waals surface area contributed by atoms with Crippen molar-refractivity contribution in [2.24, 2.45) is 0 Å². The Hall–Kier alpha value is -0.622. The molecule has 0 N–H and O–H groups in total. The molecule has 68 valence electrons. The standard InChI is InChI=1S/C10H11NO.W/c1-8-3-4-9-10(7-8)12-6-5-11(9)2;/h3-4,7H,6H2,1-2H3;. The fourth-order valence-electron chi connectivity index (χ4n) is 1.38. The van der Waals surface area contributed by atoms with E-state index < -0.39 is 0 Å². The summed E-state index contributed by atoms with van der Waals surface area (Å²) in [6.45, 7) is 2.82. The molecule has 0 fully saturated rings. The normalized spacial score (nSPS) is 15.2. The molecule has 2 rings (SSSR count). The van der Waals surface area contributed by atoms with E-state index in [4.69, 9.17) is 4.74 Å². The van der Waals surface area contributed by atoms with E-state index in [0.29, 0.717) is 0 Å². The van der Waals surface area contributed by atoms with E-state index in [9.17, 15) is 0 Å². The Morgan fingerprint density at radius 1 is 1.46 bits per heavy atom. The Bertz CT molecular complexity index is 362. The van der Waals surface area contributed by atoms with Crippen molar-refractivity contribution in [3.05, 3.63) is 23.8 Å². The molecule has 1 aliphatic heterocycles. The summed E-state index contributed by atoms with van der Waals surface area (Å²) in [7, 11) is 2.10. The summed E-state index contributed by atoms with van der Waals surface area (Å²) >= 11 is 1.48. The van der Waals surface area contributed by atoms with Crippen LogP contribution >= 0.6 is 0 Å². The van der Waals surface area contributed by atoms with E-state index in [1.165, 1.54) is 34.6 Å². The summed E-state index contributed by atoms with van der Waals surface area (Å²) in [5, 5.41) is 0. The van der Waals surface area contributed by atoms with Crippen molar-refractivity contribution < 1.29 is 24.1 Å². The quantitative estimate of drug-likeness (QED) is 0.707. The maximum absolute atomic E-state index is 5.63. The van der Waals surface area contributed by atoms with Crippen LogP contribution in [0.2, 0.25) is 0 Å². The monoisotopic (exact) mass is 345 g/mol. The molecule has 3 heteroatoms. The molecule has 0 aromatic heterocycles. The number of nitrogens with zero attached hydrogens (tertiary/aromatic N) is 1.